The third-order valence-corrected chi connectivity index (χ3v) is 24.2. The number of aliphatic carboxylic acids is 1. The molecule has 18 aromatic rings. The number of rotatable bonds is 21. The minimum Gasteiger partial charge on any atom is -0.480 e. The first-order chi connectivity index (χ1) is 65.7. The summed E-state index contributed by atoms with van der Waals surface area (Å²) in [7, 11) is 0. The Balaban J connectivity index is 0.000000138. The highest BCUT2D eigenvalue weighted by Crippen LogP contribution is 2.39. The summed E-state index contributed by atoms with van der Waals surface area (Å²) in [5.41, 5.74) is 19.8. The van der Waals surface area contributed by atoms with Crippen molar-refractivity contribution in [2.24, 2.45) is 5.73 Å². The maximum Gasteiger partial charge on any atom is 0.322 e. The van der Waals surface area contributed by atoms with Crippen molar-refractivity contribution in [3.8, 4) is 18.2 Å². The minimum absolute atomic E-state index is 0.181. The van der Waals surface area contributed by atoms with E-state index in [9.17, 15) is 55.9 Å². The summed E-state index contributed by atoms with van der Waals surface area (Å²) >= 11 is 3.26. The fraction of sp³-hybridized carbons (Fsp3) is 0.206. The molecule has 0 bridgehead atoms. The number of carbonyl (C=O) groups excluding carboxylic acids is 3. The van der Waals surface area contributed by atoms with Crippen molar-refractivity contribution < 1.29 is 50.6 Å². The number of nitrogens with zero attached hydrogens (tertiary/aromatic N) is 14. The maximum atomic E-state index is 13.2. The Morgan fingerprint density at radius 3 is 1.11 bits per heavy atom. The quantitative estimate of drug-likeness (QED) is 0.0193. The van der Waals surface area contributed by atoms with Crippen molar-refractivity contribution in [3.05, 3.63) is 394 Å². The number of carbonyl (C=O) groups is 4. The van der Waals surface area contributed by atoms with E-state index in [4.69, 9.17) is 16.3 Å². The molecule has 0 aliphatic carbocycles. The number of nitriles is 3. The van der Waals surface area contributed by atoms with Crippen LogP contribution in [-0.4, -0.2) is 99.1 Å². The number of hydrogen-bond acceptors (Lipinski definition) is 14. The molecule has 0 radical (unpaired) electrons. The molecule has 2 unspecified atom stereocenters. The highest BCUT2D eigenvalue weighted by molar-refractivity contribution is 9.08. The van der Waals surface area contributed by atoms with Crippen molar-refractivity contribution >= 4 is 106 Å². The van der Waals surface area contributed by atoms with Crippen molar-refractivity contribution in [3.63, 3.8) is 0 Å². The van der Waals surface area contributed by atoms with Gasteiger partial charge < -0.3 is 48.8 Å². The number of benzene rings is 6. The molecular weight excluding hydrogens is 1810 g/mol. The highest BCUT2D eigenvalue weighted by atomic mass is 79.9. The number of aromatic amines is 1. The second-order valence-corrected chi connectivity index (χ2v) is 35.4. The number of halogens is 7. The number of hydrogen-bond donors (Lipinski definition) is 5. The molecule has 3 amide bonds. The molecule has 1 aliphatic rings. The Kier molecular flexibility index (Phi) is 31.5. The Labute approximate surface area is 794 Å². The lowest BCUT2D eigenvalue weighted by Crippen LogP contribution is -2.46. The molecule has 13 heterocycles. The molecule has 1 fully saturated rings. The highest BCUT2D eigenvalue weighted by Gasteiger charge is 2.44. The van der Waals surface area contributed by atoms with Crippen LogP contribution in [0.5, 0.6) is 0 Å². The molecule has 19 rings (SSSR count). The average molecular weight is 1910 g/mol. The van der Waals surface area contributed by atoms with Gasteiger partial charge in [0.25, 0.3) is 5.91 Å². The lowest BCUT2D eigenvalue weighted by Gasteiger charge is -2.29. The van der Waals surface area contributed by atoms with Crippen LogP contribution in [0.1, 0.15) is 122 Å². The number of H-pyrrole nitrogens is 1. The first-order valence-corrected chi connectivity index (χ1v) is 44.7. The van der Waals surface area contributed by atoms with Crippen molar-refractivity contribution in [1.29, 1.82) is 15.8 Å². The SMILES string of the molecule is CC(C)(C#N)c1cn(Cc2ccc(F)cc2)c2ncccc12.CC(C)(C=O)c1cn(Cc2ccc(F)cc2)c2ncccc12.CC(C)(c1cn(Cc2ccc(F)cc2)c2ncccc12)C(N)C(=O)O.CC(C)(c1cn(Cc2ccc(F)cc2)c2ncccc12)C1NC(=O)NC1=O.Fc1ccc(CBr)cc1.N#CCc1c[nH]c2ncccc12.N#CCc1cn(Cc2ccc(F)cc2)c2ncccc12. The predicted octanol–water partition coefficient (Wildman–Crippen LogP) is 21.0. The topological polar surface area (TPSA) is 328 Å². The van der Waals surface area contributed by atoms with Crippen LogP contribution in [-0.2, 0) is 86.9 Å². The largest absolute Gasteiger partial charge is 0.480 e. The van der Waals surface area contributed by atoms with E-state index < -0.39 is 45.7 Å². The Hall–Kier alpha value is -16.0. The first kappa shape index (κ1) is 98.5. The third-order valence-electron chi connectivity index (χ3n) is 23.6. The summed E-state index contributed by atoms with van der Waals surface area (Å²) in [6, 6.07) is 65.6. The van der Waals surface area contributed by atoms with E-state index in [1.54, 1.807) is 110 Å². The summed E-state index contributed by atoms with van der Waals surface area (Å²) in [5, 5.41) is 47.7. The van der Waals surface area contributed by atoms with E-state index in [1.165, 1.54) is 72.8 Å². The van der Waals surface area contributed by atoms with Crippen molar-refractivity contribution in [2.45, 2.75) is 140 Å². The molecule has 2 atom stereocenters. The molecular formula is C107H97BrF6N18O5. The van der Waals surface area contributed by atoms with Gasteiger partial charge in [-0.3, -0.25) is 14.9 Å². The Morgan fingerprint density at radius 2 is 0.752 bits per heavy atom. The molecule has 12 aromatic heterocycles. The van der Waals surface area contributed by atoms with E-state index >= 15 is 0 Å². The number of nitrogens with one attached hydrogen (secondary N) is 3. The van der Waals surface area contributed by atoms with Crippen LogP contribution < -0.4 is 16.4 Å². The monoisotopic (exact) mass is 1910 g/mol. The normalized spacial score (nSPS) is 12.6. The summed E-state index contributed by atoms with van der Waals surface area (Å²) < 4.78 is 87.4. The van der Waals surface area contributed by atoms with Crippen LogP contribution in [0.2, 0.25) is 0 Å². The average Bonchev–Trinajstić information content (AvgIpc) is 1.59. The van der Waals surface area contributed by atoms with Crippen LogP contribution in [0.25, 0.3) is 66.2 Å². The van der Waals surface area contributed by atoms with E-state index in [0.717, 1.165) is 145 Å². The molecule has 1 aliphatic heterocycles. The Bertz CT molecular complexity index is 7440. The summed E-state index contributed by atoms with van der Waals surface area (Å²) in [4.78, 5) is 75.9. The number of fused-ring (bicyclic) bond motifs is 6. The minimum atomic E-state index is -1.05. The Morgan fingerprint density at radius 1 is 0.438 bits per heavy atom. The van der Waals surface area contributed by atoms with Gasteiger partial charge in [0.1, 0.15) is 87.2 Å². The third kappa shape index (κ3) is 23.8. The second-order valence-electron chi connectivity index (χ2n) is 34.8. The predicted molar refractivity (Wildman–Crippen MR) is 520 cm³/mol. The van der Waals surface area contributed by atoms with Crippen LogP contribution in [0.3, 0.4) is 0 Å². The van der Waals surface area contributed by atoms with Crippen LogP contribution in [0.4, 0.5) is 31.1 Å². The lowest BCUT2D eigenvalue weighted by atomic mass is 9.78. The zero-order chi connectivity index (χ0) is 97.9. The number of urea groups is 1. The zero-order valence-electron chi connectivity index (χ0n) is 76.2. The number of carboxylic acid groups (broad SMARTS) is 1. The van der Waals surface area contributed by atoms with Gasteiger partial charge in [-0.1, -0.05) is 116 Å². The van der Waals surface area contributed by atoms with Crippen LogP contribution >= 0.6 is 15.9 Å². The molecule has 30 heteroatoms. The van der Waals surface area contributed by atoms with Crippen LogP contribution in [0, 0.1) is 68.9 Å². The first-order valence-electron chi connectivity index (χ1n) is 43.6. The van der Waals surface area contributed by atoms with Crippen LogP contribution in [0.15, 0.2) is 293 Å². The van der Waals surface area contributed by atoms with E-state index in [0.29, 0.717) is 45.6 Å². The summed E-state index contributed by atoms with van der Waals surface area (Å²) in [6.45, 7) is 17.9. The van der Waals surface area contributed by atoms with Gasteiger partial charge in [-0.2, -0.15) is 15.8 Å². The second kappa shape index (κ2) is 43.8. The van der Waals surface area contributed by atoms with E-state index in [1.807, 2.05) is 188 Å². The molecule has 694 valence electrons. The molecule has 23 nitrogen and oxygen atoms in total. The number of nitrogens with two attached hydrogens (primary N) is 1. The van der Waals surface area contributed by atoms with Gasteiger partial charge in [0.05, 0.1) is 36.5 Å². The van der Waals surface area contributed by atoms with E-state index in [2.05, 4.69) is 79.7 Å². The van der Waals surface area contributed by atoms with Gasteiger partial charge in [-0.05, 0) is 240 Å². The lowest BCUT2D eigenvalue weighted by molar-refractivity contribution is -0.140. The van der Waals surface area contributed by atoms with Crippen molar-refractivity contribution in [1.82, 2.24) is 68.4 Å². The van der Waals surface area contributed by atoms with Gasteiger partial charge in [-0.25, -0.2) is 61.0 Å². The maximum absolute atomic E-state index is 13.2. The number of imide groups is 1. The van der Waals surface area contributed by atoms with Gasteiger partial charge in [0.15, 0.2) is 0 Å². The number of aldehydes is 1. The fourth-order valence-electron chi connectivity index (χ4n) is 16.0. The number of amides is 3. The molecule has 137 heavy (non-hydrogen) atoms. The van der Waals surface area contributed by atoms with E-state index in [-0.39, 0.29) is 40.8 Å². The molecule has 0 saturated carbocycles. The van der Waals surface area contributed by atoms with Gasteiger partial charge in [0, 0.05) is 161 Å². The molecule has 1 saturated heterocycles. The van der Waals surface area contributed by atoms with Gasteiger partial charge in [-0.15, -0.1) is 0 Å². The number of carboxylic acids is 1. The van der Waals surface area contributed by atoms with Crippen molar-refractivity contribution in [2.75, 3.05) is 0 Å². The summed E-state index contributed by atoms with van der Waals surface area (Å²) in [6.07, 6.45) is 23.7. The standard InChI is InChI=1S/C20H19FN4O2.C19H20FN3O2.C18H16FN3.C18H17FN2O.C16H12FN3.C9H7N3.C7H6BrF/c1-20(2,16-18(26)24-19(27)23-16)15-11-25(17-14(15)4-3-9-22-17)10-12-5-7-13(21)8-6-12;1-19(2,16(21)18(24)25)15-11-23(17-14(15)4-3-9-22-17)10-12-5-7-13(20)8-6-12;1-18(2,12-20)16-11-22(17-15(16)4-3-9-21-17)10-13-5-7-14(19)8-6-13;1-18(2,12-22)16-11-21(17-15(16)4-3-9-20-17)10-13-5-7-14(19)8-6-13;17-14-5-3-12(4-6-14)10-20-11-13(7-8-18)15-2-1-9-19-16(15)20;10-4-3-7-6-12-9-8(7)2-1-5-11-9;8-5-6-1-3-7(9)4-2-6/h3-9,11,16H,10H2,1-2H3,(H2,23,24,26,27);3-9,11,16H,10,21H2,1-2H3,(H,24,25);3-9,11H,10H2,1-2H3;3-9,11-12H,10H2,1-2H3;1-6,9,11H,7,10H2;1-2,5-6H,3H2,(H,11,12);1-4H,5H2. The van der Waals surface area contributed by atoms with Gasteiger partial charge >= 0.3 is 12.0 Å². The zero-order valence-corrected chi connectivity index (χ0v) is 77.8. The summed E-state index contributed by atoms with van der Waals surface area (Å²) in [5.74, 6) is -2.86. The molecule has 6 N–H and O–H groups in total. The molecule has 0 spiro atoms. The molecule has 6 aromatic carbocycles. The smallest absolute Gasteiger partial charge is 0.322 e. The fourth-order valence-corrected chi connectivity index (χ4v) is 16.4. The number of pyridine rings is 6. The van der Waals surface area contributed by atoms with Gasteiger partial charge in [0.2, 0.25) is 0 Å². The number of aromatic nitrogens is 12. The number of alkyl halides is 1.